The van der Waals surface area contributed by atoms with E-state index in [4.69, 9.17) is 17.9 Å². The zero-order valence-electron chi connectivity index (χ0n) is 11.3. The fourth-order valence-corrected chi connectivity index (χ4v) is 3.46. The SMILES string of the molecule is N#CCNC(=O)[C@H]1CCCC[C@@H]1C(S)c1ccncc1. The molecular weight excluding hydrogens is 270 g/mol. The highest BCUT2D eigenvalue weighted by atomic mass is 32.1. The maximum absolute atomic E-state index is 12.2. The van der Waals surface area contributed by atoms with Crippen LogP contribution in [0.2, 0.25) is 0 Å². The van der Waals surface area contributed by atoms with Gasteiger partial charge in [0, 0.05) is 23.6 Å². The number of rotatable bonds is 4. The number of aromatic nitrogens is 1. The largest absolute Gasteiger partial charge is 0.343 e. The fourth-order valence-electron chi connectivity index (χ4n) is 2.93. The first-order valence-electron chi connectivity index (χ1n) is 6.96. The first-order chi connectivity index (χ1) is 9.74. The molecule has 1 aliphatic carbocycles. The van der Waals surface area contributed by atoms with Crippen molar-refractivity contribution in [3.05, 3.63) is 30.1 Å². The van der Waals surface area contributed by atoms with Gasteiger partial charge in [0.1, 0.15) is 6.54 Å². The van der Waals surface area contributed by atoms with Crippen molar-refractivity contribution < 1.29 is 4.79 Å². The van der Waals surface area contributed by atoms with E-state index in [1.165, 1.54) is 0 Å². The van der Waals surface area contributed by atoms with Crippen molar-refractivity contribution in [2.24, 2.45) is 11.8 Å². The van der Waals surface area contributed by atoms with Crippen LogP contribution in [0, 0.1) is 23.2 Å². The van der Waals surface area contributed by atoms with Crippen LogP contribution in [0.5, 0.6) is 0 Å². The molecule has 0 aliphatic heterocycles. The molecular formula is C15H19N3OS. The number of nitrogens with one attached hydrogen (secondary N) is 1. The molecule has 4 nitrogen and oxygen atoms in total. The van der Waals surface area contributed by atoms with Gasteiger partial charge in [0.2, 0.25) is 5.91 Å². The molecule has 0 spiro atoms. The average molecular weight is 289 g/mol. The third-order valence-electron chi connectivity index (χ3n) is 3.95. The number of hydrogen-bond donors (Lipinski definition) is 2. The maximum Gasteiger partial charge on any atom is 0.224 e. The number of carbonyl (C=O) groups is 1. The minimum atomic E-state index is -0.0484. The number of hydrogen-bond acceptors (Lipinski definition) is 4. The zero-order valence-corrected chi connectivity index (χ0v) is 12.2. The van der Waals surface area contributed by atoms with Crippen LogP contribution >= 0.6 is 12.6 Å². The van der Waals surface area contributed by atoms with Crippen LogP contribution in [0.1, 0.15) is 36.5 Å². The highest BCUT2D eigenvalue weighted by molar-refractivity contribution is 7.80. The third kappa shape index (κ3) is 3.51. The molecule has 1 amide bonds. The summed E-state index contributed by atoms with van der Waals surface area (Å²) >= 11 is 4.73. The van der Waals surface area contributed by atoms with E-state index in [0.29, 0.717) is 0 Å². The molecule has 3 atom stereocenters. The summed E-state index contributed by atoms with van der Waals surface area (Å²) in [4.78, 5) is 16.2. The minimum absolute atomic E-state index is 0.00986. The smallest absolute Gasteiger partial charge is 0.224 e. The monoisotopic (exact) mass is 289 g/mol. The van der Waals surface area contributed by atoms with E-state index in [-0.39, 0.29) is 29.5 Å². The van der Waals surface area contributed by atoms with Crippen LogP contribution in [0.3, 0.4) is 0 Å². The molecule has 1 saturated carbocycles. The van der Waals surface area contributed by atoms with E-state index >= 15 is 0 Å². The van der Waals surface area contributed by atoms with Crippen molar-refractivity contribution in [3.63, 3.8) is 0 Å². The molecule has 1 N–H and O–H groups in total. The summed E-state index contributed by atoms with van der Waals surface area (Å²) in [6, 6.07) is 5.86. The van der Waals surface area contributed by atoms with E-state index in [2.05, 4.69) is 10.3 Å². The van der Waals surface area contributed by atoms with Gasteiger partial charge in [-0.05, 0) is 36.5 Å². The molecule has 1 heterocycles. The minimum Gasteiger partial charge on any atom is -0.343 e. The van der Waals surface area contributed by atoms with Crippen LogP contribution < -0.4 is 5.32 Å². The first kappa shape index (κ1) is 14.9. The number of nitriles is 1. The Labute approximate surface area is 125 Å². The number of nitrogens with zero attached hydrogens (tertiary/aromatic N) is 2. The normalized spacial score (nSPS) is 23.6. The van der Waals surface area contributed by atoms with E-state index < -0.39 is 0 Å². The Bertz CT molecular complexity index is 486. The fraction of sp³-hybridized carbons (Fsp3) is 0.533. The first-order valence-corrected chi connectivity index (χ1v) is 7.48. The van der Waals surface area contributed by atoms with Crippen molar-refractivity contribution >= 4 is 18.5 Å². The van der Waals surface area contributed by atoms with E-state index in [1.807, 2.05) is 18.2 Å². The highest BCUT2D eigenvalue weighted by Crippen LogP contribution is 2.42. The predicted molar refractivity (Wildman–Crippen MR) is 80.0 cm³/mol. The molecule has 1 aromatic heterocycles. The Balaban J connectivity index is 2.10. The lowest BCUT2D eigenvalue weighted by Crippen LogP contribution is -2.38. The standard InChI is InChI=1S/C15H19N3OS/c16-7-10-18-15(19)13-4-2-1-3-12(13)14(20)11-5-8-17-9-6-11/h5-6,8-9,12-14,20H,1-4,10H2,(H,18,19)/t12-,13-,14?/m0/s1. The Morgan fingerprint density at radius 3 is 2.85 bits per heavy atom. The van der Waals surface area contributed by atoms with Crippen LogP contribution in [0.25, 0.3) is 0 Å². The molecule has 0 saturated heterocycles. The summed E-state index contributed by atoms with van der Waals surface area (Å²) in [7, 11) is 0. The molecule has 0 bridgehead atoms. The molecule has 106 valence electrons. The summed E-state index contributed by atoms with van der Waals surface area (Å²) in [5.74, 6) is 0.158. The van der Waals surface area contributed by atoms with E-state index in [1.54, 1.807) is 12.4 Å². The van der Waals surface area contributed by atoms with Gasteiger partial charge in [0.25, 0.3) is 0 Å². The van der Waals surface area contributed by atoms with Gasteiger partial charge < -0.3 is 5.32 Å². The number of thiol groups is 1. The highest BCUT2D eigenvalue weighted by Gasteiger charge is 2.35. The molecule has 1 fully saturated rings. The topological polar surface area (TPSA) is 65.8 Å². The lowest BCUT2D eigenvalue weighted by Gasteiger charge is -2.34. The van der Waals surface area contributed by atoms with Gasteiger partial charge in [-0.15, -0.1) is 0 Å². The van der Waals surface area contributed by atoms with Crippen LogP contribution in [0.4, 0.5) is 0 Å². The van der Waals surface area contributed by atoms with Gasteiger partial charge in [-0.2, -0.15) is 17.9 Å². The van der Waals surface area contributed by atoms with Crippen molar-refractivity contribution in [1.82, 2.24) is 10.3 Å². The Morgan fingerprint density at radius 2 is 2.15 bits per heavy atom. The lowest BCUT2D eigenvalue weighted by molar-refractivity contribution is -0.127. The van der Waals surface area contributed by atoms with Crippen molar-refractivity contribution in [2.45, 2.75) is 30.9 Å². The second kappa shape index (κ2) is 7.30. The number of amides is 1. The quantitative estimate of drug-likeness (QED) is 0.661. The van der Waals surface area contributed by atoms with Crippen LogP contribution in [-0.2, 0) is 4.79 Å². The van der Waals surface area contributed by atoms with Gasteiger partial charge in [-0.25, -0.2) is 0 Å². The van der Waals surface area contributed by atoms with Crippen LogP contribution in [-0.4, -0.2) is 17.4 Å². The van der Waals surface area contributed by atoms with Gasteiger partial charge in [0.15, 0.2) is 0 Å². The van der Waals surface area contributed by atoms with Gasteiger partial charge >= 0.3 is 0 Å². The van der Waals surface area contributed by atoms with Gasteiger partial charge in [-0.3, -0.25) is 9.78 Å². The third-order valence-corrected chi connectivity index (χ3v) is 4.63. The van der Waals surface area contributed by atoms with Crippen molar-refractivity contribution in [2.75, 3.05) is 6.54 Å². The molecule has 1 aromatic rings. The Hall–Kier alpha value is -1.54. The van der Waals surface area contributed by atoms with Crippen molar-refractivity contribution in [3.8, 4) is 6.07 Å². The molecule has 0 aromatic carbocycles. The Morgan fingerprint density at radius 1 is 1.45 bits per heavy atom. The summed E-state index contributed by atoms with van der Waals surface area (Å²) in [6.45, 7) is 0.0779. The molecule has 2 rings (SSSR count). The predicted octanol–water partition coefficient (Wildman–Crippen LogP) is 2.50. The summed E-state index contributed by atoms with van der Waals surface area (Å²) < 4.78 is 0. The molecule has 20 heavy (non-hydrogen) atoms. The Kier molecular flexibility index (Phi) is 5.42. The van der Waals surface area contributed by atoms with E-state index in [9.17, 15) is 4.79 Å². The second-order valence-electron chi connectivity index (χ2n) is 5.16. The zero-order chi connectivity index (χ0) is 14.4. The summed E-state index contributed by atoms with van der Waals surface area (Å²) in [6.07, 6.45) is 7.59. The molecule has 1 aliphatic rings. The summed E-state index contributed by atoms with van der Waals surface area (Å²) in [5.41, 5.74) is 1.10. The molecule has 5 heteroatoms. The average Bonchev–Trinajstić information content (AvgIpc) is 2.52. The maximum atomic E-state index is 12.2. The van der Waals surface area contributed by atoms with Crippen LogP contribution in [0.15, 0.2) is 24.5 Å². The van der Waals surface area contributed by atoms with E-state index in [0.717, 1.165) is 31.2 Å². The van der Waals surface area contributed by atoms with Crippen molar-refractivity contribution in [1.29, 1.82) is 5.26 Å². The van der Waals surface area contributed by atoms with Gasteiger partial charge in [0.05, 0.1) is 6.07 Å². The van der Waals surface area contributed by atoms with Gasteiger partial charge in [-0.1, -0.05) is 12.8 Å². The number of pyridine rings is 1. The second-order valence-corrected chi connectivity index (χ2v) is 5.71. The molecule has 0 radical (unpaired) electrons. The molecule has 1 unspecified atom stereocenters. The summed E-state index contributed by atoms with van der Waals surface area (Å²) in [5, 5.41) is 11.3. The lowest BCUT2D eigenvalue weighted by atomic mass is 9.75. The number of carbonyl (C=O) groups excluding carboxylic acids is 1.